The van der Waals surface area contributed by atoms with Crippen LogP contribution in [-0.4, -0.2) is 43.0 Å². The topological polar surface area (TPSA) is 93.4 Å². The van der Waals surface area contributed by atoms with Gasteiger partial charge in [0.15, 0.2) is 0 Å². The predicted octanol–water partition coefficient (Wildman–Crippen LogP) is 1.53. The number of piperidine rings is 1. The maximum atomic E-state index is 11.8. The SMILES string of the molecule is CS(=O)(=O)N1CCC[C@@H](c2c(C(N)=O)sc3ncccc23)C1. The zero-order valence-corrected chi connectivity index (χ0v) is 13.8. The van der Waals surface area contributed by atoms with E-state index in [1.165, 1.54) is 21.9 Å². The highest BCUT2D eigenvalue weighted by Crippen LogP contribution is 2.39. The van der Waals surface area contributed by atoms with Crippen LogP contribution in [0.4, 0.5) is 0 Å². The van der Waals surface area contributed by atoms with Crippen molar-refractivity contribution in [1.82, 2.24) is 9.29 Å². The lowest BCUT2D eigenvalue weighted by atomic mass is 9.90. The fourth-order valence-corrected chi connectivity index (χ4v) is 5.01. The Morgan fingerprint density at radius 3 is 2.95 bits per heavy atom. The van der Waals surface area contributed by atoms with E-state index in [9.17, 15) is 13.2 Å². The molecule has 1 aliphatic heterocycles. The van der Waals surface area contributed by atoms with E-state index in [2.05, 4.69) is 4.98 Å². The first-order valence-electron chi connectivity index (χ1n) is 7.00. The largest absolute Gasteiger partial charge is 0.365 e. The summed E-state index contributed by atoms with van der Waals surface area (Å²) in [6.07, 6.45) is 4.51. The highest BCUT2D eigenvalue weighted by atomic mass is 32.2. The molecule has 2 aromatic heterocycles. The number of nitrogens with zero attached hydrogens (tertiary/aromatic N) is 2. The molecular formula is C14H17N3O3S2. The Balaban J connectivity index is 2.09. The molecule has 3 heterocycles. The minimum atomic E-state index is -3.23. The lowest BCUT2D eigenvalue weighted by molar-refractivity contribution is 0.100. The van der Waals surface area contributed by atoms with Crippen molar-refractivity contribution in [3.05, 3.63) is 28.8 Å². The van der Waals surface area contributed by atoms with Gasteiger partial charge in [-0.25, -0.2) is 17.7 Å². The number of fused-ring (bicyclic) bond motifs is 1. The van der Waals surface area contributed by atoms with Crippen LogP contribution in [0.25, 0.3) is 10.2 Å². The van der Waals surface area contributed by atoms with Gasteiger partial charge in [0.05, 0.1) is 11.1 Å². The van der Waals surface area contributed by atoms with Crippen LogP contribution in [0.1, 0.15) is 34.0 Å². The Morgan fingerprint density at radius 2 is 2.27 bits per heavy atom. The molecule has 0 aromatic carbocycles. The predicted molar refractivity (Wildman–Crippen MR) is 86.5 cm³/mol. The van der Waals surface area contributed by atoms with E-state index >= 15 is 0 Å². The molecule has 1 aliphatic rings. The molecule has 0 spiro atoms. The molecule has 1 atom stereocenters. The van der Waals surface area contributed by atoms with Gasteiger partial charge in [-0.3, -0.25) is 4.79 Å². The van der Waals surface area contributed by atoms with Crippen LogP contribution in [0.2, 0.25) is 0 Å². The van der Waals surface area contributed by atoms with Crippen LogP contribution < -0.4 is 5.73 Å². The van der Waals surface area contributed by atoms with Crippen LogP contribution in [0.15, 0.2) is 18.3 Å². The molecule has 118 valence electrons. The van der Waals surface area contributed by atoms with Gasteiger partial charge in [0.25, 0.3) is 5.91 Å². The first kappa shape index (κ1) is 15.4. The number of hydrogen-bond acceptors (Lipinski definition) is 5. The van der Waals surface area contributed by atoms with E-state index < -0.39 is 15.9 Å². The lowest BCUT2D eigenvalue weighted by Crippen LogP contribution is -2.38. The van der Waals surface area contributed by atoms with Gasteiger partial charge in [-0.2, -0.15) is 0 Å². The van der Waals surface area contributed by atoms with Gasteiger partial charge < -0.3 is 5.73 Å². The molecule has 2 aromatic rings. The van der Waals surface area contributed by atoms with Gasteiger partial charge >= 0.3 is 0 Å². The van der Waals surface area contributed by atoms with Crippen LogP contribution in [0.3, 0.4) is 0 Å². The normalized spacial score (nSPS) is 20.3. The number of primary amides is 1. The number of carbonyl (C=O) groups is 1. The van der Waals surface area contributed by atoms with Gasteiger partial charge in [0.2, 0.25) is 10.0 Å². The number of nitrogens with two attached hydrogens (primary N) is 1. The summed E-state index contributed by atoms with van der Waals surface area (Å²) in [6, 6.07) is 3.74. The van der Waals surface area contributed by atoms with Crippen molar-refractivity contribution in [2.24, 2.45) is 5.73 Å². The molecule has 0 radical (unpaired) electrons. The summed E-state index contributed by atoms with van der Waals surface area (Å²) in [5.41, 5.74) is 6.37. The van der Waals surface area contributed by atoms with Crippen LogP contribution in [0, 0.1) is 0 Å². The van der Waals surface area contributed by atoms with Crippen LogP contribution in [0.5, 0.6) is 0 Å². The third kappa shape index (κ3) is 2.73. The van der Waals surface area contributed by atoms with Gasteiger partial charge in [-0.1, -0.05) is 6.07 Å². The lowest BCUT2D eigenvalue weighted by Gasteiger charge is -2.31. The molecule has 0 aliphatic carbocycles. The molecule has 2 N–H and O–H groups in total. The summed E-state index contributed by atoms with van der Waals surface area (Å²) in [6.45, 7) is 0.918. The number of thiophene rings is 1. The second-order valence-corrected chi connectivity index (χ2v) is 8.51. The molecule has 0 saturated carbocycles. The zero-order valence-electron chi connectivity index (χ0n) is 12.2. The van der Waals surface area contributed by atoms with Crippen molar-refractivity contribution in [1.29, 1.82) is 0 Å². The highest BCUT2D eigenvalue weighted by Gasteiger charge is 2.31. The summed E-state index contributed by atoms with van der Waals surface area (Å²) in [5.74, 6) is -0.501. The second-order valence-electron chi connectivity index (χ2n) is 5.53. The Hall–Kier alpha value is -1.51. The van der Waals surface area contributed by atoms with Crippen molar-refractivity contribution < 1.29 is 13.2 Å². The molecule has 22 heavy (non-hydrogen) atoms. The third-order valence-corrected chi connectivity index (χ3v) is 6.40. The van der Waals surface area contributed by atoms with Crippen LogP contribution >= 0.6 is 11.3 Å². The van der Waals surface area contributed by atoms with E-state index in [0.717, 1.165) is 28.6 Å². The van der Waals surface area contributed by atoms with Gasteiger partial charge in [0.1, 0.15) is 4.83 Å². The first-order valence-corrected chi connectivity index (χ1v) is 9.66. The minimum absolute atomic E-state index is 0.0241. The van der Waals surface area contributed by atoms with E-state index in [0.29, 0.717) is 18.0 Å². The van der Waals surface area contributed by atoms with Crippen molar-refractivity contribution in [3.8, 4) is 0 Å². The van der Waals surface area contributed by atoms with E-state index in [4.69, 9.17) is 5.73 Å². The first-order chi connectivity index (χ1) is 10.4. The minimum Gasteiger partial charge on any atom is -0.365 e. The van der Waals surface area contributed by atoms with Crippen LogP contribution in [-0.2, 0) is 10.0 Å². The zero-order chi connectivity index (χ0) is 15.9. The van der Waals surface area contributed by atoms with E-state index in [-0.39, 0.29) is 5.92 Å². The monoisotopic (exact) mass is 339 g/mol. The molecular weight excluding hydrogens is 322 g/mol. The number of amides is 1. The Kier molecular flexibility index (Phi) is 3.92. The quantitative estimate of drug-likeness (QED) is 0.918. The number of aromatic nitrogens is 1. The number of rotatable bonds is 3. The van der Waals surface area contributed by atoms with Gasteiger partial charge in [0, 0.05) is 30.6 Å². The van der Waals surface area contributed by atoms with Gasteiger partial charge in [-0.15, -0.1) is 11.3 Å². The van der Waals surface area contributed by atoms with Gasteiger partial charge in [-0.05, 0) is 24.5 Å². The highest BCUT2D eigenvalue weighted by molar-refractivity contribution is 7.88. The Bertz CT molecular complexity index is 829. The molecule has 1 fully saturated rings. The molecule has 1 saturated heterocycles. The fourth-order valence-electron chi connectivity index (χ4n) is 3.02. The van der Waals surface area contributed by atoms with Crippen molar-refractivity contribution in [3.63, 3.8) is 0 Å². The smallest absolute Gasteiger partial charge is 0.259 e. The molecule has 0 unspecified atom stereocenters. The molecule has 0 bridgehead atoms. The standard InChI is InChI=1S/C14H17N3O3S2/c1-22(19,20)17-7-3-4-9(8-17)11-10-5-2-6-16-14(10)21-12(11)13(15)18/h2,5-6,9H,3-4,7-8H2,1H3,(H2,15,18)/t9-/m1/s1. The summed E-state index contributed by atoms with van der Waals surface area (Å²) in [7, 11) is -3.23. The van der Waals surface area contributed by atoms with Crippen molar-refractivity contribution >= 4 is 37.5 Å². The van der Waals surface area contributed by atoms with Crippen molar-refractivity contribution in [2.75, 3.05) is 19.3 Å². The summed E-state index contributed by atoms with van der Waals surface area (Å²) in [5, 5.41) is 0.904. The number of sulfonamides is 1. The average Bonchev–Trinajstić information content (AvgIpc) is 2.86. The Labute approximate surface area is 133 Å². The molecule has 3 rings (SSSR count). The van der Waals surface area contributed by atoms with E-state index in [1.807, 2.05) is 12.1 Å². The molecule has 8 heteroatoms. The number of hydrogen-bond donors (Lipinski definition) is 1. The average molecular weight is 339 g/mol. The summed E-state index contributed by atoms with van der Waals surface area (Å²) >= 11 is 1.28. The summed E-state index contributed by atoms with van der Waals surface area (Å²) < 4.78 is 25.1. The molecule has 1 amide bonds. The fraction of sp³-hybridized carbons (Fsp3) is 0.429. The summed E-state index contributed by atoms with van der Waals surface area (Å²) in [4.78, 5) is 17.3. The van der Waals surface area contributed by atoms with E-state index in [1.54, 1.807) is 6.20 Å². The maximum Gasteiger partial charge on any atom is 0.259 e. The number of carbonyl (C=O) groups excluding carboxylic acids is 1. The van der Waals surface area contributed by atoms with Crippen molar-refractivity contribution in [2.45, 2.75) is 18.8 Å². The Morgan fingerprint density at radius 1 is 1.50 bits per heavy atom. The molecule has 6 nitrogen and oxygen atoms in total. The maximum absolute atomic E-state index is 11.8. The third-order valence-electron chi connectivity index (χ3n) is 3.99. The second kappa shape index (κ2) is 5.60. The number of pyridine rings is 1.